The summed E-state index contributed by atoms with van der Waals surface area (Å²) in [6.45, 7) is 0. The molecule has 17 heavy (non-hydrogen) atoms. The molecule has 0 aromatic carbocycles. The van der Waals surface area contributed by atoms with Crippen LogP contribution in [0.15, 0.2) is 15.8 Å². The second-order valence-corrected chi connectivity index (χ2v) is 4.15. The Morgan fingerprint density at radius 2 is 1.82 bits per heavy atom. The topological polar surface area (TPSA) is 54.9 Å². The Labute approximate surface area is 94.1 Å². The predicted octanol–water partition coefficient (Wildman–Crippen LogP) is 1.67. The highest BCUT2D eigenvalue weighted by molar-refractivity contribution is 5.09. The molecule has 1 fully saturated rings. The molecule has 0 unspecified atom stereocenters. The van der Waals surface area contributed by atoms with E-state index in [1.807, 2.05) is 0 Å². The summed E-state index contributed by atoms with van der Waals surface area (Å²) in [7, 11) is 0. The van der Waals surface area contributed by atoms with Gasteiger partial charge in [-0.3, -0.25) is 14.3 Å². The van der Waals surface area contributed by atoms with Crippen molar-refractivity contribution in [2.45, 2.75) is 37.9 Å². The summed E-state index contributed by atoms with van der Waals surface area (Å²) in [5, 5.41) is 0. The number of nitrogens with one attached hydrogen (secondary N) is 1. The number of halogens is 3. The van der Waals surface area contributed by atoms with Gasteiger partial charge in [0.2, 0.25) is 0 Å². The SMILES string of the molecule is O=c1[nH]c(=O)n(C2CCCC2)cc1C(F)(F)F. The van der Waals surface area contributed by atoms with Gasteiger partial charge in [-0.1, -0.05) is 12.8 Å². The smallest absolute Gasteiger partial charge is 0.297 e. The molecule has 0 bridgehead atoms. The molecule has 0 radical (unpaired) electrons. The molecule has 0 atom stereocenters. The van der Waals surface area contributed by atoms with Gasteiger partial charge in [0, 0.05) is 12.2 Å². The highest BCUT2D eigenvalue weighted by Crippen LogP contribution is 2.30. The number of hydrogen-bond acceptors (Lipinski definition) is 2. The van der Waals surface area contributed by atoms with Gasteiger partial charge < -0.3 is 0 Å². The first kappa shape index (κ1) is 11.9. The molecule has 0 aliphatic heterocycles. The predicted molar refractivity (Wildman–Crippen MR) is 53.8 cm³/mol. The highest BCUT2D eigenvalue weighted by atomic mass is 19.4. The van der Waals surface area contributed by atoms with E-state index in [1.54, 1.807) is 4.98 Å². The Kier molecular flexibility index (Phi) is 2.84. The van der Waals surface area contributed by atoms with Crippen LogP contribution >= 0.6 is 0 Å². The third-order valence-electron chi connectivity index (χ3n) is 2.99. The van der Waals surface area contributed by atoms with E-state index < -0.39 is 23.0 Å². The first-order valence-electron chi connectivity index (χ1n) is 5.32. The quantitative estimate of drug-likeness (QED) is 0.821. The largest absolute Gasteiger partial charge is 0.423 e. The van der Waals surface area contributed by atoms with Crippen LogP contribution in [0.25, 0.3) is 0 Å². The number of alkyl halides is 3. The van der Waals surface area contributed by atoms with Crippen molar-refractivity contribution in [2.75, 3.05) is 0 Å². The molecule has 1 aromatic rings. The van der Waals surface area contributed by atoms with Gasteiger partial charge in [0.15, 0.2) is 0 Å². The van der Waals surface area contributed by atoms with Crippen LogP contribution < -0.4 is 11.2 Å². The van der Waals surface area contributed by atoms with Gasteiger partial charge in [0.25, 0.3) is 5.56 Å². The standard InChI is InChI=1S/C10H11F3N2O2/c11-10(12,13)7-5-15(6-3-1-2-4-6)9(17)14-8(7)16/h5-6H,1-4H2,(H,14,16,17). The van der Waals surface area contributed by atoms with E-state index in [0.29, 0.717) is 19.0 Å². The molecule has 0 amide bonds. The van der Waals surface area contributed by atoms with Crippen LogP contribution in [0.1, 0.15) is 37.3 Å². The van der Waals surface area contributed by atoms with Crippen LogP contribution in [-0.2, 0) is 6.18 Å². The second-order valence-electron chi connectivity index (χ2n) is 4.15. The molecule has 4 nitrogen and oxygen atoms in total. The molecule has 2 rings (SSSR count). The van der Waals surface area contributed by atoms with E-state index in [4.69, 9.17) is 0 Å². The summed E-state index contributed by atoms with van der Waals surface area (Å²) in [6.07, 6.45) is -0.986. The van der Waals surface area contributed by atoms with Crippen molar-refractivity contribution in [3.8, 4) is 0 Å². The minimum Gasteiger partial charge on any atom is -0.297 e. The number of rotatable bonds is 1. The highest BCUT2D eigenvalue weighted by Gasteiger charge is 2.35. The third kappa shape index (κ3) is 2.27. The monoisotopic (exact) mass is 248 g/mol. The zero-order valence-electron chi connectivity index (χ0n) is 8.88. The summed E-state index contributed by atoms with van der Waals surface area (Å²) >= 11 is 0. The molecule has 1 aliphatic carbocycles. The van der Waals surface area contributed by atoms with Crippen LogP contribution in [0, 0.1) is 0 Å². The maximum absolute atomic E-state index is 12.5. The minimum atomic E-state index is -4.73. The van der Waals surface area contributed by atoms with Crippen molar-refractivity contribution >= 4 is 0 Å². The van der Waals surface area contributed by atoms with Crippen LogP contribution in [0.5, 0.6) is 0 Å². The first-order chi connectivity index (χ1) is 7.89. The minimum absolute atomic E-state index is 0.236. The third-order valence-corrected chi connectivity index (χ3v) is 2.99. The Balaban J connectivity index is 2.53. The lowest BCUT2D eigenvalue weighted by Gasteiger charge is -2.14. The number of hydrogen-bond donors (Lipinski definition) is 1. The van der Waals surface area contributed by atoms with E-state index in [1.165, 1.54) is 0 Å². The fraction of sp³-hybridized carbons (Fsp3) is 0.600. The van der Waals surface area contributed by atoms with Gasteiger partial charge >= 0.3 is 11.9 Å². The average Bonchev–Trinajstić information content (AvgIpc) is 2.68. The molecule has 0 saturated heterocycles. The summed E-state index contributed by atoms with van der Waals surface area (Å²) < 4.78 is 38.5. The Morgan fingerprint density at radius 3 is 2.35 bits per heavy atom. The maximum Gasteiger partial charge on any atom is 0.423 e. The Bertz CT molecular complexity index is 524. The van der Waals surface area contributed by atoms with Gasteiger partial charge in [-0.05, 0) is 12.8 Å². The van der Waals surface area contributed by atoms with Crippen molar-refractivity contribution in [1.82, 2.24) is 9.55 Å². The van der Waals surface area contributed by atoms with E-state index in [0.717, 1.165) is 17.4 Å². The second kappa shape index (κ2) is 4.05. The number of nitrogens with zero attached hydrogens (tertiary/aromatic N) is 1. The van der Waals surface area contributed by atoms with Crippen molar-refractivity contribution in [3.05, 3.63) is 32.6 Å². The van der Waals surface area contributed by atoms with Gasteiger partial charge in [-0.15, -0.1) is 0 Å². The van der Waals surface area contributed by atoms with Crippen LogP contribution in [0.2, 0.25) is 0 Å². The lowest BCUT2D eigenvalue weighted by molar-refractivity contribution is -0.139. The zero-order valence-corrected chi connectivity index (χ0v) is 8.88. The van der Waals surface area contributed by atoms with Crippen molar-refractivity contribution in [2.24, 2.45) is 0 Å². The van der Waals surface area contributed by atoms with Gasteiger partial charge in [-0.2, -0.15) is 13.2 Å². The van der Waals surface area contributed by atoms with E-state index >= 15 is 0 Å². The molecule has 1 aromatic heterocycles. The van der Waals surface area contributed by atoms with E-state index in [-0.39, 0.29) is 6.04 Å². The van der Waals surface area contributed by atoms with E-state index in [9.17, 15) is 22.8 Å². The lowest BCUT2D eigenvalue weighted by atomic mass is 10.2. The van der Waals surface area contributed by atoms with Gasteiger partial charge in [-0.25, -0.2) is 4.79 Å². The molecular weight excluding hydrogens is 237 g/mol. The van der Waals surface area contributed by atoms with Crippen LogP contribution in [0.4, 0.5) is 13.2 Å². The lowest BCUT2D eigenvalue weighted by Crippen LogP contribution is -2.35. The fourth-order valence-corrected chi connectivity index (χ4v) is 2.14. The number of H-pyrrole nitrogens is 1. The zero-order chi connectivity index (χ0) is 12.6. The molecule has 1 saturated carbocycles. The fourth-order valence-electron chi connectivity index (χ4n) is 2.14. The number of aromatic nitrogens is 2. The molecule has 1 N–H and O–H groups in total. The molecule has 7 heteroatoms. The van der Waals surface area contributed by atoms with Crippen molar-refractivity contribution < 1.29 is 13.2 Å². The van der Waals surface area contributed by atoms with Crippen molar-refractivity contribution in [1.29, 1.82) is 0 Å². The van der Waals surface area contributed by atoms with E-state index in [2.05, 4.69) is 0 Å². The molecule has 1 heterocycles. The molecule has 94 valence electrons. The Morgan fingerprint density at radius 1 is 1.24 bits per heavy atom. The van der Waals surface area contributed by atoms with Crippen molar-refractivity contribution in [3.63, 3.8) is 0 Å². The number of aromatic amines is 1. The molecule has 0 spiro atoms. The van der Waals surface area contributed by atoms with Crippen LogP contribution in [-0.4, -0.2) is 9.55 Å². The summed E-state index contributed by atoms with van der Waals surface area (Å²) in [5.41, 5.74) is -3.46. The summed E-state index contributed by atoms with van der Waals surface area (Å²) in [5.74, 6) is 0. The molecule has 1 aliphatic rings. The first-order valence-corrected chi connectivity index (χ1v) is 5.32. The normalized spacial score (nSPS) is 17.6. The maximum atomic E-state index is 12.5. The summed E-state index contributed by atoms with van der Waals surface area (Å²) in [4.78, 5) is 24.2. The van der Waals surface area contributed by atoms with Crippen LogP contribution in [0.3, 0.4) is 0 Å². The van der Waals surface area contributed by atoms with Gasteiger partial charge in [0.1, 0.15) is 5.56 Å². The summed E-state index contributed by atoms with van der Waals surface area (Å²) in [6, 6.07) is -0.236. The average molecular weight is 248 g/mol. The van der Waals surface area contributed by atoms with Gasteiger partial charge in [0.05, 0.1) is 0 Å². The molecular formula is C10H11F3N2O2. The Hall–Kier alpha value is -1.53.